The van der Waals surface area contributed by atoms with Crippen LogP contribution in [-0.4, -0.2) is 37.8 Å². The predicted octanol–water partition coefficient (Wildman–Crippen LogP) is 3.89. The summed E-state index contributed by atoms with van der Waals surface area (Å²) in [5.41, 5.74) is 7.13. The van der Waals surface area contributed by atoms with Gasteiger partial charge in [0.2, 0.25) is 0 Å². The van der Waals surface area contributed by atoms with E-state index >= 15 is 0 Å². The summed E-state index contributed by atoms with van der Waals surface area (Å²) in [5.74, 6) is 0. The zero-order valence-corrected chi connectivity index (χ0v) is 18.8. The molecule has 4 aromatic rings. The molecular formula is C24H26ClN5O. The molecule has 5 rings (SSSR count). The van der Waals surface area contributed by atoms with E-state index in [0.717, 1.165) is 36.5 Å². The summed E-state index contributed by atoms with van der Waals surface area (Å²) in [5, 5.41) is 9.56. The fraction of sp³-hybridized carbons (Fsp3) is 0.292. The van der Waals surface area contributed by atoms with Crippen LogP contribution in [0.4, 0.5) is 0 Å². The highest BCUT2D eigenvalue weighted by Gasteiger charge is 2.19. The summed E-state index contributed by atoms with van der Waals surface area (Å²) in [4.78, 5) is 15.3. The van der Waals surface area contributed by atoms with Crippen LogP contribution in [-0.2, 0) is 20.0 Å². The largest absolute Gasteiger partial charge is 0.347 e. The van der Waals surface area contributed by atoms with Gasteiger partial charge in [0.1, 0.15) is 0 Å². The summed E-state index contributed by atoms with van der Waals surface area (Å²) in [6.45, 7) is 3.99. The van der Waals surface area contributed by atoms with Gasteiger partial charge in [0, 0.05) is 42.5 Å². The molecule has 0 bridgehead atoms. The molecule has 1 aliphatic heterocycles. The Morgan fingerprint density at radius 2 is 1.84 bits per heavy atom. The number of aromatic nitrogens is 4. The molecule has 0 amide bonds. The summed E-state index contributed by atoms with van der Waals surface area (Å²) < 4.78 is 3.99. The topological polar surface area (TPSA) is 56.0 Å². The highest BCUT2D eigenvalue weighted by Crippen LogP contribution is 2.30. The van der Waals surface area contributed by atoms with Gasteiger partial charge < -0.3 is 9.47 Å². The van der Waals surface area contributed by atoms with Crippen LogP contribution in [0.25, 0.3) is 27.8 Å². The second-order valence-electron chi connectivity index (χ2n) is 8.21. The molecule has 0 spiro atoms. The number of fused-ring (bicyclic) bond motifs is 3. The third-order valence-electron chi connectivity index (χ3n) is 6.09. The van der Waals surface area contributed by atoms with Gasteiger partial charge in [-0.25, -0.2) is 0 Å². The average molecular weight is 436 g/mol. The van der Waals surface area contributed by atoms with Crippen LogP contribution in [0.15, 0.2) is 53.5 Å². The predicted molar refractivity (Wildman–Crippen MR) is 126 cm³/mol. The van der Waals surface area contributed by atoms with Crippen LogP contribution in [0.3, 0.4) is 0 Å². The Bertz CT molecular complexity index is 1310. The third kappa shape index (κ3) is 3.77. The van der Waals surface area contributed by atoms with E-state index in [0.29, 0.717) is 5.69 Å². The molecule has 1 aliphatic rings. The first kappa shape index (κ1) is 21.3. The number of halogens is 1. The van der Waals surface area contributed by atoms with E-state index in [4.69, 9.17) is 0 Å². The molecule has 4 heterocycles. The molecule has 0 unspecified atom stereocenters. The molecule has 6 nitrogen and oxygen atoms in total. The SMILES string of the molecule is Cc1ccc(-c2ccn(-c3ccc4c5c(n(C)c4c3)CCCN(C)C5)c(=O)c2)nn1.Cl. The highest BCUT2D eigenvalue weighted by atomic mass is 35.5. The standard InChI is InChI=1S/C24H25N5O.ClH/c1-16-6-9-21(26-25-16)17-10-12-29(24(30)13-17)18-7-8-19-20-15-27(2)11-4-5-22(20)28(3)23(19)14-18;/h6-10,12-14H,4-5,11,15H2,1-3H3;1H. The fourth-order valence-corrected chi connectivity index (χ4v) is 4.47. The number of hydrogen-bond donors (Lipinski definition) is 0. The van der Waals surface area contributed by atoms with Gasteiger partial charge in [0.05, 0.1) is 22.6 Å². The van der Waals surface area contributed by atoms with E-state index in [1.54, 1.807) is 10.6 Å². The van der Waals surface area contributed by atoms with E-state index in [9.17, 15) is 4.79 Å². The first-order valence-electron chi connectivity index (χ1n) is 10.3. The van der Waals surface area contributed by atoms with Gasteiger partial charge in [0.15, 0.2) is 0 Å². The van der Waals surface area contributed by atoms with Crippen molar-refractivity contribution in [2.45, 2.75) is 26.3 Å². The van der Waals surface area contributed by atoms with Crippen molar-refractivity contribution in [3.63, 3.8) is 0 Å². The Balaban J connectivity index is 0.00000231. The molecule has 0 atom stereocenters. The first-order valence-corrected chi connectivity index (χ1v) is 10.3. The Labute approximate surface area is 187 Å². The molecule has 0 saturated heterocycles. The van der Waals surface area contributed by atoms with E-state index in [2.05, 4.69) is 45.9 Å². The van der Waals surface area contributed by atoms with Crippen LogP contribution in [0.1, 0.15) is 23.4 Å². The maximum atomic E-state index is 12.9. The summed E-state index contributed by atoms with van der Waals surface area (Å²) in [6, 6.07) is 13.7. The second-order valence-corrected chi connectivity index (χ2v) is 8.21. The smallest absolute Gasteiger partial charge is 0.255 e. The fourth-order valence-electron chi connectivity index (χ4n) is 4.47. The van der Waals surface area contributed by atoms with Crippen molar-refractivity contribution in [1.82, 2.24) is 24.2 Å². The molecule has 31 heavy (non-hydrogen) atoms. The summed E-state index contributed by atoms with van der Waals surface area (Å²) >= 11 is 0. The molecule has 0 N–H and O–H groups in total. The van der Waals surface area contributed by atoms with Gasteiger partial charge in [-0.15, -0.1) is 12.4 Å². The van der Waals surface area contributed by atoms with E-state index < -0.39 is 0 Å². The normalized spacial score (nSPS) is 14.2. The zero-order chi connectivity index (χ0) is 20.8. The maximum Gasteiger partial charge on any atom is 0.255 e. The van der Waals surface area contributed by atoms with Gasteiger partial charge in [-0.05, 0) is 69.3 Å². The van der Waals surface area contributed by atoms with E-state index in [1.807, 2.05) is 37.4 Å². The van der Waals surface area contributed by atoms with Crippen molar-refractivity contribution in [1.29, 1.82) is 0 Å². The molecular weight excluding hydrogens is 410 g/mol. The maximum absolute atomic E-state index is 12.9. The molecule has 0 saturated carbocycles. The molecule has 0 fully saturated rings. The van der Waals surface area contributed by atoms with Crippen molar-refractivity contribution in [3.05, 3.63) is 76.0 Å². The quantitative estimate of drug-likeness (QED) is 0.479. The van der Waals surface area contributed by atoms with Gasteiger partial charge in [-0.1, -0.05) is 6.07 Å². The first-order chi connectivity index (χ1) is 14.5. The molecule has 3 aromatic heterocycles. The van der Waals surface area contributed by atoms with Crippen molar-refractivity contribution < 1.29 is 0 Å². The lowest BCUT2D eigenvalue weighted by Gasteiger charge is -2.13. The van der Waals surface area contributed by atoms with Gasteiger partial charge in [-0.3, -0.25) is 9.36 Å². The number of aryl methyl sites for hydroxylation is 2. The molecule has 1 aromatic carbocycles. The average Bonchev–Trinajstić information content (AvgIpc) is 2.88. The number of hydrogen-bond acceptors (Lipinski definition) is 4. The van der Waals surface area contributed by atoms with Gasteiger partial charge in [0.25, 0.3) is 5.56 Å². The van der Waals surface area contributed by atoms with Crippen molar-refractivity contribution in [2.75, 3.05) is 13.6 Å². The van der Waals surface area contributed by atoms with Crippen molar-refractivity contribution >= 4 is 23.3 Å². The van der Waals surface area contributed by atoms with Crippen LogP contribution < -0.4 is 5.56 Å². The van der Waals surface area contributed by atoms with E-state index in [1.165, 1.54) is 28.6 Å². The zero-order valence-electron chi connectivity index (χ0n) is 18.0. The summed E-state index contributed by atoms with van der Waals surface area (Å²) in [6.07, 6.45) is 4.08. The molecule has 0 aliphatic carbocycles. The van der Waals surface area contributed by atoms with Crippen molar-refractivity contribution in [2.24, 2.45) is 7.05 Å². The summed E-state index contributed by atoms with van der Waals surface area (Å²) in [7, 11) is 4.32. The van der Waals surface area contributed by atoms with Crippen LogP contribution >= 0.6 is 12.4 Å². The number of pyridine rings is 1. The van der Waals surface area contributed by atoms with E-state index in [-0.39, 0.29) is 18.0 Å². The third-order valence-corrected chi connectivity index (χ3v) is 6.09. The minimum Gasteiger partial charge on any atom is -0.347 e. The van der Waals surface area contributed by atoms with Gasteiger partial charge >= 0.3 is 0 Å². The Hall–Kier alpha value is -2.96. The van der Waals surface area contributed by atoms with Gasteiger partial charge in [-0.2, -0.15) is 10.2 Å². The Morgan fingerprint density at radius 1 is 1.00 bits per heavy atom. The molecule has 160 valence electrons. The Morgan fingerprint density at radius 3 is 2.58 bits per heavy atom. The minimum atomic E-state index is -0.0790. The van der Waals surface area contributed by atoms with Crippen LogP contribution in [0, 0.1) is 6.92 Å². The van der Waals surface area contributed by atoms with Crippen LogP contribution in [0.5, 0.6) is 0 Å². The molecule has 7 heteroatoms. The van der Waals surface area contributed by atoms with Crippen molar-refractivity contribution in [3.8, 4) is 16.9 Å². The monoisotopic (exact) mass is 435 g/mol. The lowest BCUT2D eigenvalue weighted by atomic mass is 10.1. The minimum absolute atomic E-state index is 0. The Kier molecular flexibility index (Phi) is 5.69. The number of rotatable bonds is 2. The van der Waals surface area contributed by atoms with Crippen LogP contribution in [0.2, 0.25) is 0 Å². The second kappa shape index (κ2) is 8.29. The number of benzene rings is 1. The highest BCUT2D eigenvalue weighted by molar-refractivity contribution is 5.87. The lowest BCUT2D eigenvalue weighted by Crippen LogP contribution is -2.17. The lowest BCUT2D eigenvalue weighted by molar-refractivity contribution is 0.333. The molecule has 0 radical (unpaired) electrons. The number of nitrogens with zero attached hydrogens (tertiary/aromatic N) is 5.